The molecule has 0 radical (unpaired) electrons. The number of hydrogen-bond acceptors (Lipinski definition) is 1. The second-order valence-corrected chi connectivity index (χ2v) is 5.66. The first-order chi connectivity index (χ1) is 8.25. The van der Waals surface area contributed by atoms with E-state index in [0.717, 1.165) is 35.6 Å². The van der Waals surface area contributed by atoms with E-state index in [4.69, 9.17) is 0 Å². The van der Waals surface area contributed by atoms with Crippen LogP contribution >= 0.6 is 15.9 Å². The molecule has 1 fully saturated rings. The van der Waals surface area contributed by atoms with E-state index in [9.17, 15) is 4.79 Å². The summed E-state index contributed by atoms with van der Waals surface area (Å²) in [7, 11) is 0. The van der Waals surface area contributed by atoms with Gasteiger partial charge in [-0.3, -0.25) is 0 Å². The van der Waals surface area contributed by atoms with Gasteiger partial charge in [-0.2, -0.15) is 0 Å². The highest BCUT2D eigenvalue weighted by molar-refractivity contribution is 9.10. The summed E-state index contributed by atoms with van der Waals surface area (Å²) in [5.41, 5.74) is 0.960. The molecule has 0 spiro atoms. The van der Waals surface area contributed by atoms with E-state index in [2.05, 4.69) is 40.2 Å². The van der Waals surface area contributed by atoms with E-state index < -0.39 is 0 Å². The number of aldehydes is 1. The number of halogens is 1. The molecule has 0 unspecified atom stereocenters. The van der Waals surface area contributed by atoms with Crippen molar-refractivity contribution in [3.63, 3.8) is 0 Å². The van der Waals surface area contributed by atoms with Gasteiger partial charge in [-0.25, -0.2) is 0 Å². The van der Waals surface area contributed by atoms with Crippen LogP contribution in [-0.2, 0) is 10.2 Å². The predicted molar refractivity (Wildman–Crippen MR) is 73.2 cm³/mol. The molecular weight excluding hydrogens is 276 g/mol. The summed E-state index contributed by atoms with van der Waals surface area (Å²) in [6.07, 6.45) is 4.28. The van der Waals surface area contributed by atoms with Gasteiger partial charge in [0.2, 0.25) is 0 Å². The fraction of sp³-hybridized carbons (Fsp3) is 0.267. The van der Waals surface area contributed by atoms with Crippen molar-refractivity contribution in [2.24, 2.45) is 0 Å². The Morgan fingerprint density at radius 2 is 2.00 bits per heavy atom. The summed E-state index contributed by atoms with van der Waals surface area (Å²) in [5, 5.41) is 2.40. The largest absolute Gasteiger partial charge is 0.302 e. The maximum absolute atomic E-state index is 11.3. The van der Waals surface area contributed by atoms with E-state index in [1.807, 2.05) is 12.1 Å². The quantitative estimate of drug-likeness (QED) is 0.756. The molecule has 0 amide bonds. The molecule has 2 aromatic rings. The van der Waals surface area contributed by atoms with Gasteiger partial charge in [0, 0.05) is 4.47 Å². The molecule has 3 rings (SSSR count). The molecule has 0 saturated heterocycles. The van der Waals surface area contributed by atoms with Crippen molar-refractivity contribution < 1.29 is 4.79 Å². The third-order valence-electron chi connectivity index (χ3n) is 3.88. The first-order valence-electron chi connectivity index (χ1n) is 5.90. The van der Waals surface area contributed by atoms with E-state index in [1.54, 1.807) is 0 Å². The molecule has 1 nitrogen and oxygen atoms in total. The zero-order valence-electron chi connectivity index (χ0n) is 9.45. The van der Waals surface area contributed by atoms with Crippen LogP contribution in [0.5, 0.6) is 0 Å². The summed E-state index contributed by atoms with van der Waals surface area (Å²) in [5.74, 6) is 0. The molecule has 0 aliphatic heterocycles. The third-order valence-corrected chi connectivity index (χ3v) is 4.57. The highest BCUT2D eigenvalue weighted by Gasteiger charge is 2.38. The highest BCUT2D eigenvalue weighted by Crippen LogP contribution is 2.43. The van der Waals surface area contributed by atoms with Crippen LogP contribution in [0.2, 0.25) is 0 Å². The van der Waals surface area contributed by atoms with Gasteiger partial charge in [0.05, 0.1) is 5.41 Å². The topological polar surface area (TPSA) is 17.1 Å². The standard InChI is InChI=1S/C15H13BrO/c16-14-4-1-3-11-5-6-12(9-13(11)14)15(10-17)7-2-8-15/h1,3-6,9-10H,2,7-8H2. The zero-order valence-corrected chi connectivity index (χ0v) is 11.0. The van der Waals surface area contributed by atoms with Crippen LogP contribution in [-0.4, -0.2) is 6.29 Å². The molecule has 0 bridgehead atoms. The normalized spacial score (nSPS) is 17.7. The van der Waals surface area contributed by atoms with Crippen LogP contribution < -0.4 is 0 Å². The Morgan fingerprint density at radius 1 is 1.18 bits per heavy atom. The Kier molecular flexibility index (Phi) is 2.55. The van der Waals surface area contributed by atoms with E-state index in [-0.39, 0.29) is 5.41 Å². The van der Waals surface area contributed by atoms with Crippen molar-refractivity contribution in [2.75, 3.05) is 0 Å². The Balaban J connectivity index is 2.19. The van der Waals surface area contributed by atoms with Crippen molar-refractivity contribution in [1.82, 2.24) is 0 Å². The Labute approximate surface area is 109 Å². The fourth-order valence-electron chi connectivity index (χ4n) is 2.58. The Bertz CT molecular complexity index is 584. The van der Waals surface area contributed by atoms with Crippen molar-refractivity contribution >= 4 is 33.0 Å². The highest BCUT2D eigenvalue weighted by atomic mass is 79.9. The first kappa shape index (κ1) is 11.0. The Hall–Kier alpha value is -1.15. The maximum Gasteiger partial charge on any atom is 0.130 e. The average molecular weight is 289 g/mol. The summed E-state index contributed by atoms with van der Waals surface area (Å²) in [4.78, 5) is 11.3. The van der Waals surface area contributed by atoms with Crippen molar-refractivity contribution in [3.05, 3.63) is 46.4 Å². The second-order valence-electron chi connectivity index (χ2n) is 4.80. The number of carbonyl (C=O) groups excluding carboxylic acids is 1. The van der Waals surface area contributed by atoms with Gasteiger partial charge in [-0.15, -0.1) is 0 Å². The van der Waals surface area contributed by atoms with Crippen LogP contribution in [0.1, 0.15) is 24.8 Å². The molecule has 1 saturated carbocycles. The van der Waals surface area contributed by atoms with Gasteiger partial charge in [0.15, 0.2) is 0 Å². The number of carbonyl (C=O) groups is 1. The smallest absolute Gasteiger partial charge is 0.130 e. The lowest BCUT2D eigenvalue weighted by Crippen LogP contribution is -2.35. The van der Waals surface area contributed by atoms with Crippen molar-refractivity contribution in [3.8, 4) is 0 Å². The SMILES string of the molecule is O=CC1(c2ccc3cccc(Br)c3c2)CCC1. The maximum atomic E-state index is 11.3. The lowest BCUT2D eigenvalue weighted by molar-refractivity contribution is -0.115. The molecule has 0 heterocycles. The molecule has 2 aromatic carbocycles. The van der Waals surface area contributed by atoms with E-state index >= 15 is 0 Å². The van der Waals surface area contributed by atoms with Gasteiger partial charge in [0.25, 0.3) is 0 Å². The number of hydrogen-bond donors (Lipinski definition) is 0. The molecule has 1 aliphatic carbocycles. The molecule has 0 aromatic heterocycles. The lowest BCUT2D eigenvalue weighted by Gasteiger charge is -2.37. The molecule has 17 heavy (non-hydrogen) atoms. The minimum atomic E-state index is -0.205. The number of rotatable bonds is 2. The molecule has 0 N–H and O–H groups in total. The van der Waals surface area contributed by atoms with Crippen LogP contribution in [0, 0.1) is 0 Å². The number of fused-ring (bicyclic) bond motifs is 1. The molecule has 86 valence electrons. The van der Waals surface area contributed by atoms with Gasteiger partial charge in [-0.05, 0) is 41.3 Å². The van der Waals surface area contributed by atoms with Crippen LogP contribution in [0.4, 0.5) is 0 Å². The minimum Gasteiger partial charge on any atom is -0.302 e. The second kappa shape index (κ2) is 3.95. The number of benzene rings is 2. The van der Waals surface area contributed by atoms with Crippen LogP contribution in [0.15, 0.2) is 40.9 Å². The first-order valence-corrected chi connectivity index (χ1v) is 6.70. The predicted octanol–water partition coefficient (Wildman–Crippen LogP) is 4.22. The summed E-state index contributed by atoms with van der Waals surface area (Å²) >= 11 is 3.57. The van der Waals surface area contributed by atoms with Crippen LogP contribution in [0.3, 0.4) is 0 Å². The molecule has 2 heteroatoms. The van der Waals surface area contributed by atoms with Crippen molar-refractivity contribution in [1.29, 1.82) is 0 Å². The minimum absolute atomic E-state index is 0.205. The van der Waals surface area contributed by atoms with Gasteiger partial charge in [0.1, 0.15) is 6.29 Å². The molecular formula is C15H13BrO. The third kappa shape index (κ3) is 1.62. The Morgan fingerprint density at radius 3 is 2.65 bits per heavy atom. The van der Waals surface area contributed by atoms with Gasteiger partial charge >= 0.3 is 0 Å². The lowest BCUT2D eigenvalue weighted by atomic mass is 9.65. The molecule has 0 atom stereocenters. The van der Waals surface area contributed by atoms with Gasteiger partial charge in [-0.1, -0.05) is 46.6 Å². The van der Waals surface area contributed by atoms with E-state index in [0.29, 0.717) is 0 Å². The van der Waals surface area contributed by atoms with Gasteiger partial charge < -0.3 is 4.79 Å². The monoisotopic (exact) mass is 288 g/mol. The van der Waals surface area contributed by atoms with Crippen molar-refractivity contribution in [2.45, 2.75) is 24.7 Å². The zero-order chi connectivity index (χ0) is 11.9. The average Bonchev–Trinajstić information content (AvgIpc) is 2.29. The van der Waals surface area contributed by atoms with E-state index in [1.165, 1.54) is 10.8 Å². The summed E-state index contributed by atoms with van der Waals surface area (Å²) in [6, 6.07) is 12.5. The summed E-state index contributed by atoms with van der Waals surface area (Å²) < 4.78 is 1.09. The fourth-order valence-corrected chi connectivity index (χ4v) is 3.07. The summed E-state index contributed by atoms with van der Waals surface area (Å²) in [6.45, 7) is 0. The molecule has 1 aliphatic rings. The van der Waals surface area contributed by atoms with Crippen LogP contribution in [0.25, 0.3) is 10.8 Å².